The van der Waals surface area contributed by atoms with E-state index in [2.05, 4.69) is 46.3 Å². The number of nitrogens with zero attached hydrogens (tertiary/aromatic N) is 6. The normalized spacial score (nSPS) is 13.7. The summed E-state index contributed by atoms with van der Waals surface area (Å²) in [4.78, 5) is 66.0. The third-order valence-corrected chi connectivity index (χ3v) is 8.15. The molecule has 0 bridgehead atoms. The van der Waals surface area contributed by atoms with Crippen molar-refractivity contribution in [2.24, 2.45) is 0 Å². The van der Waals surface area contributed by atoms with Crippen molar-refractivity contribution in [3.05, 3.63) is 77.3 Å². The molecule has 2 aromatic heterocycles. The highest BCUT2D eigenvalue weighted by atomic mass is 35.5. The second-order valence-corrected chi connectivity index (χ2v) is 12.3. The molecule has 280 valence electrons. The summed E-state index contributed by atoms with van der Waals surface area (Å²) in [6, 6.07) is 11.2. The van der Waals surface area contributed by atoms with Gasteiger partial charge in [0.15, 0.2) is 6.61 Å². The Bertz CT molecular complexity index is 1890. The average molecular weight is 759 g/mol. The van der Waals surface area contributed by atoms with Crippen LogP contribution in [-0.2, 0) is 31.2 Å². The zero-order valence-corrected chi connectivity index (χ0v) is 28.9. The predicted molar refractivity (Wildman–Crippen MR) is 182 cm³/mol. The number of anilines is 3. The number of carbonyl (C=O) groups excluding carboxylic acids is 4. The minimum Gasteiger partial charge on any atom is -0.467 e. The molecule has 2 heterocycles. The maximum atomic E-state index is 13.0. The molecule has 2 aromatic carbocycles. The fourth-order valence-corrected chi connectivity index (χ4v) is 5.16. The smallest absolute Gasteiger partial charge is 0.422 e. The lowest BCUT2D eigenvalue weighted by molar-refractivity contribution is -0.154. The van der Waals surface area contributed by atoms with E-state index in [-0.39, 0.29) is 36.8 Å². The molecule has 4 N–H and O–H groups in total. The van der Waals surface area contributed by atoms with Crippen molar-refractivity contribution in [3.8, 4) is 6.01 Å². The van der Waals surface area contributed by atoms with Crippen LogP contribution in [0.2, 0.25) is 5.02 Å². The summed E-state index contributed by atoms with van der Waals surface area (Å²) >= 11 is 6.02. The molecule has 0 unspecified atom stereocenters. The first-order valence-electron chi connectivity index (χ1n) is 16.2. The molecule has 0 spiro atoms. The Morgan fingerprint density at radius 2 is 1.72 bits per heavy atom. The summed E-state index contributed by atoms with van der Waals surface area (Å²) in [5, 5.41) is 15.5. The summed E-state index contributed by atoms with van der Waals surface area (Å²) < 4.78 is 50.0. The van der Waals surface area contributed by atoms with Gasteiger partial charge in [0.2, 0.25) is 17.7 Å². The molecule has 1 aliphatic rings. The van der Waals surface area contributed by atoms with Crippen molar-refractivity contribution in [1.29, 1.82) is 0 Å². The average Bonchev–Trinajstić information content (AvgIpc) is 3.71. The molecule has 0 aliphatic heterocycles. The second kappa shape index (κ2) is 17.1. The second-order valence-electron chi connectivity index (χ2n) is 11.9. The summed E-state index contributed by atoms with van der Waals surface area (Å²) in [6.07, 6.45) is -0.0625. The lowest BCUT2D eigenvalue weighted by atomic mass is 10.1. The quantitative estimate of drug-likeness (QED) is 0.0845. The number of aromatic nitrogens is 6. The molecule has 1 fully saturated rings. The number of Topliss-reactive ketones (excluding diaryl/α,β-unsaturated/α-hetero) is 1. The fourth-order valence-electron chi connectivity index (χ4n) is 5.03. The largest absolute Gasteiger partial charge is 0.467 e. The van der Waals surface area contributed by atoms with E-state index in [0.29, 0.717) is 36.5 Å². The standard InChI is InChI=1S/C33H34ClF3N10O6/c1-52-28(51)24(12-15-39-27(50)25(48)3-2-16-47-19-38-18-40-47)42-26(49)20-4-10-23(11-5-20)41-29-43-30(45-31(44-29)53-17-33(35,36)37)46-32(13-14-32)21-6-8-22(34)9-7-21/h4-11,18-19,24H,2-3,12-17H2,1H3,(H,39,50)(H,42,49)(H2,41,43,44,45,46)/t24-/m0/s1. The van der Waals surface area contributed by atoms with E-state index in [1.165, 1.54) is 41.6 Å². The molecule has 1 aliphatic carbocycles. The predicted octanol–water partition coefficient (Wildman–Crippen LogP) is 3.73. The molecule has 4 aromatic rings. The first-order chi connectivity index (χ1) is 25.3. The number of hydrogen-bond donors (Lipinski definition) is 4. The number of ether oxygens (including phenoxy) is 2. The number of benzene rings is 2. The van der Waals surface area contributed by atoms with Gasteiger partial charge in [0.05, 0.1) is 12.6 Å². The number of esters is 1. The van der Waals surface area contributed by atoms with Crippen LogP contribution in [0.4, 0.5) is 30.8 Å². The number of halogens is 4. The third kappa shape index (κ3) is 11.3. The number of carbonyl (C=O) groups is 4. The first-order valence-corrected chi connectivity index (χ1v) is 16.6. The van der Waals surface area contributed by atoms with E-state index in [9.17, 15) is 32.3 Å². The third-order valence-electron chi connectivity index (χ3n) is 7.90. The number of rotatable bonds is 18. The van der Waals surface area contributed by atoms with Crippen LogP contribution in [0.15, 0.2) is 61.2 Å². The molecule has 20 heteroatoms. The van der Waals surface area contributed by atoms with Crippen molar-refractivity contribution in [2.45, 2.75) is 56.4 Å². The van der Waals surface area contributed by atoms with Crippen molar-refractivity contribution in [2.75, 3.05) is 30.9 Å². The van der Waals surface area contributed by atoms with Gasteiger partial charge in [0.25, 0.3) is 11.8 Å². The Morgan fingerprint density at radius 1 is 1.00 bits per heavy atom. The van der Waals surface area contributed by atoms with Gasteiger partial charge in [-0.1, -0.05) is 23.7 Å². The molecule has 5 rings (SSSR count). The van der Waals surface area contributed by atoms with Crippen molar-refractivity contribution in [3.63, 3.8) is 0 Å². The number of nitrogens with one attached hydrogen (secondary N) is 4. The number of aryl methyl sites for hydroxylation is 1. The number of hydrogen-bond acceptors (Lipinski definition) is 13. The molecular weight excluding hydrogens is 725 g/mol. The lowest BCUT2D eigenvalue weighted by Crippen LogP contribution is -2.44. The minimum atomic E-state index is -4.63. The highest BCUT2D eigenvalue weighted by Gasteiger charge is 2.45. The van der Waals surface area contributed by atoms with Gasteiger partial charge in [-0.3, -0.25) is 19.1 Å². The number of ketones is 1. The number of alkyl halides is 3. The zero-order chi connectivity index (χ0) is 38.0. The van der Waals surface area contributed by atoms with Gasteiger partial charge < -0.3 is 30.7 Å². The van der Waals surface area contributed by atoms with Gasteiger partial charge in [0, 0.05) is 35.8 Å². The molecular formula is C33H34ClF3N10O6. The van der Waals surface area contributed by atoms with E-state index >= 15 is 0 Å². The van der Waals surface area contributed by atoms with Crippen molar-refractivity contribution >= 4 is 52.8 Å². The Balaban J connectivity index is 1.18. The molecule has 1 atom stereocenters. The molecule has 53 heavy (non-hydrogen) atoms. The van der Waals surface area contributed by atoms with Gasteiger partial charge in [-0.25, -0.2) is 9.78 Å². The maximum Gasteiger partial charge on any atom is 0.422 e. The van der Waals surface area contributed by atoms with Crippen LogP contribution in [0.3, 0.4) is 0 Å². The zero-order valence-electron chi connectivity index (χ0n) is 28.2. The maximum absolute atomic E-state index is 13.0. The van der Waals surface area contributed by atoms with Crippen LogP contribution in [0.1, 0.15) is 48.0 Å². The minimum absolute atomic E-state index is 0.0168. The Morgan fingerprint density at radius 3 is 2.36 bits per heavy atom. The molecule has 1 saturated carbocycles. The van der Waals surface area contributed by atoms with Crippen LogP contribution >= 0.6 is 11.6 Å². The fraction of sp³-hybridized carbons (Fsp3) is 0.364. The molecule has 16 nitrogen and oxygen atoms in total. The van der Waals surface area contributed by atoms with Crippen LogP contribution in [0.5, 0.6) is 6.01 Å². The Labute approximate surface area is 305 Å². The lowest BCUT2D eigenvalue weighted by Gasteiger charge is -2.19. The topological polar surface area (TPSA) is 204 Å². The van der Waals surface area contributed by atoms with E-state index in [1.54, 1.807) is 12.1 Å². The van der Waals surface area contributed by atoms with E-state index < -0.39 is 53.9 Å². The summed E-state index contributed by atoms with van der Waals surface area (Å²) in [5.41, 5.74) is 0.841. The Hall–Kier alpha value is -5.85. The van der Waals surface area contributed by atoms with E-state index in [0.717, 1.165) is 12.7 Å². The molecule has 2 amide bonds. The summed E-state index contributed by atoms with van der Waals surface area (Å²) in [5.74, 6) is -3.04. The number of amides is 2. The number of methoxy groups -OCH3 is 1. The van der Waals surface area contributed by atoms with E-state index in [1.807, 2.05) is 12.1 Å². The highest BCUT2D eigenvalue weighted by molar-refractivity contribution is 6.36. The van der Waals surface area contributed by atoms with Crippen LogP contribution in [-0.4, -0.2) is 85.8 Å². The van der Waals surface area contributed by atoms with Gasteiger partial charge in [-0.2, -0.15) is 33.2 Å². The SMILES string of the molecule is COC(=O)[C@H](CCNC(=O)C(=O)CCCn1cncn1)NC(=O)c1ccc(Nc2nc(NC3(c4ccc(Cl)cc4)CC3)nc(OCC(F)(F)F)n2)cc1. The van der Waals surface area contributed by atoms with Gasteiger partial charge in [0.1, 0.15) is 18.7 Å². The van der Waals surface area contributed by atoms with Gasteiger partial charge in [-0.15, -0.1) is 0 Å². The van der Waals surface area contributed by atoms with Crippen LogP contribution in [0.25, 0.3) is 0 Å². The van der Waals surface area contributed by atoms with Crippen molar-refractivity contribution in [1.82, 2.24) is 40.3 Å². The van der Waals surface area contributed by atoms with Crippen LogP contribution < -0.4 is 26.0 Å². The van der Waals surface area contributed by atoms with Gasteiger partial charge >= 0.3 is 18.2 Å². The molecule has 0 radical (unpaired) electrons. The summed E-state index contributed by atoms with van der Waals surface area (Å²) in [7, 11) is 1.14. The molecule has 0 saturated heterocycles. The Kier molecular flexibility index (Phi) is 12.4. The van der Waals surface area contributed by atoms with Crippen LogP contribution in [0, 0.1) is 0 Å². The van der Waals surface area contributed by atoms with Crippen molar-refractivity contribution < 1.29 is 41.8 Å². The monoisotopic (exact) mass is 758 g/mol. The first kappa shape index (κ1) is 38.4. The summed E-state index contributed by atoms with van der Waals surface area (Å²) in [6.45, 7) is -1.31. The highest BCUT2D eigenvalue weighted by Crippen LogP contribution is 2.48. The van der Waals surface area contributed by atoms with Gasteiger partial charge in [-0.05, 0) is 67.6 Å². The van der Waals surface area contributed by atoms with E-state index in [4.69, 9.17) is 21.1 Å².